The summed E-state index contributed by atoms with van der Waals surface area (Å²) in [7, 11) is 0. The molecule has 23 heavy (non-hydrogen) atoms. The van der Waals surface area contributed by atoms with Gasteiger partial charge in [0, 0.05) is 30.3 Å². The molecule has 6 nitrogen and oxygen atoms in total. The second-order valence-electron chi connectivity index (χ2n) is 6.86. The van der Waals surface area contributed by atoms with Crippen LogP contribution in [0.25, 0.3) is 0 Å². The van der Waals surface area contributed by atoms with Crippen molar-refractivity contribution in [1.29, 1.82) is 0 Å². The number of thiazole rings is 1. The van der Waals surface area contributed by atoms with Crippen LogP contribution in [0.3, 0.4) is 0 Å². The predicted molar refractivity (Wildman–Crippen MR) is 88.5 cm³/mol. The third-order valence-corrected chi connectivity index (χ3v) is 4.82. The Morgan fingerprint density at radius 1 is 1.30 bits per heavy atom. The van der Waals surface area contributed by atoms with Crippen LogP contribution in [0.2, 0.25) is 0 Å². The van der Waals surface area contributed by atoms with E-state index in [0.717, 1.165) is 30.2 Å². The zero-order valence-electron chi connectivity index (χ0n) is 14.2. The number of ether oxygens (including phenoxy) is 1. The van der Waals surface area contributed by atoms with Gasteiger partial charge < -0.3 is 9.15 Å². The van der Waals surface area contributed by atoms with Crippen LogP contribution in [0.15, 0.2) is 9.80 Å². The van der Waals surface area contributed by atoms with E-state index in [4.69, 9.17) is 14.1 Å². The first kappa shape index (κ1) is 16.5. The largest absolute Gasteiger partial charge is 0.424 e. The van der Waals surface area contributed by atoms with Gasteiger partial charge in [0.15, 0.2) is 0 Å². The molecule has 0 aromatic carbocycles. The first-order valence-electron chi connectivity index (χ1n) is 8.07. The summed E-state index contributed by atoms with van der Waals surface area (Å²) in [6.45, 7) is 11.6. The molecule has 1 aliphatic rings. The van der Waals surface area contributed by atoms with Crippen molar-refractivity contribution in [3.05, 3.63) is 27.9 Å². The lowest BCUT2D eigenvalue weighted by Crippen LogP contribution is -2.37. The number of aromatic nitrogens is 3. The maximum atomic E-state index is 5.92. The van der Waals surface area contributed by atoms with E-state index in [1.165, 1.54) is 0 Å². The number of rotatable bonds is 4. The van der Waals surface area contributed by atoms with Crippen LogP contribution in [0.4, 0.5) is 0 Å². The molecule has 2 aromatic rings. The summed E-state index contributed by atoms with van der Waals surface area (Å²) in [6.07, 6.45) is 0.798. The van der Waals surface area contributed by atoms with Crippen LogP contribution >= 0.6 is 11.3 Å². The van der Waals surface area contributed by atoms with Crippen molar-refractivity contribution in [2.24, 2.45) is 0 Å². The average molecular weight is 336 g/mol. The van der Waals surface area contributed by atoms with E-state index in [0.29, 0.717) is 24.9 Å². The zero-order valence-corrected chi connectivity index (χ0v) is 15.0. The number of hydrogen-bond donors (Lipinski definition) is 0. The third-order valence-electron chi connectivity index (χ3n) is 3.89. The summed E-state index contributed by atoms with van der Waals surface area (Å²) in [5.41, 5.74) is 1.20. The Balaban J connectivity index is 1.64. The van der Waals surface area contributed by atoms with Crippen LogP contribution < -0.4 is 0 Å². The molecule has 3 heterocycles. The monoisotopic (exact) mass is 336 g/mol. The van der Waals surface area contributed by atoms with E-state index in [1.807, 2.05) is 6.92 Å². The Morgan fingerprint density at radius 3 is 2.74 bits per heavy atom. The number of morpholine rings is 1. The normalized spacial score (nSPS) is 20.1. The van der Waals surface area contributed by atoms with E-state index in [1.54, 1.807) is 11.3 Å². The van der Waals surface area contributed by atoms with Gasteiger partial charge in [-0.25, -0.2) is 4.98 Å². The van der Waals surface area contributed by atoms with Gasteiger partial charge in [0.05, 0.1) is 18.8 Å². The van der Waals surface area contributed by atoms with Gasteiger partial charge in [0.2, 0.25) is 11.8 Å². The van der Waals surface area contributed by atoms with Crippen molar-refractivity contribution in [1.82, 2.24) is 20.1 Å². The molecule has 0 aliphatic carbocycles. The first-order chi connectivity index (χ1) is 11.0. The molecule has 0 amide bonds. The van der Waals surface area contributed by atoms with E-state index in [-0.39, 0.29) is 11.5 Å². The number of hydrogen-bond acceptors (Lipinski definition) is 7. The van der Waals surface area contributed by atoms with Gasteiger partial charge in [-0.2, -0.15) is 0 Å². The number of nitrogens with zero attached hydrogens (tertiary/aromatic N) is 4. The Bertz CT molecular complexity index is 647. The first-order valence-corrected chi connectivity index (χ1v) is 8.95. The summed E-state index contributed by atoms with van der Waals surface area (Å²) in [5, 5.41) is 11.3. The summed E-state index contributed by atoms with van der Waals surface area (Å²) >= 11 is 1.68. The highest BCUT2D eigenvalue weighted by Crippen LogP contribution is 2.30. The molecule has 0 radical (unpaired) electrons. The lowest BCUT2D eigenvalue weighted by molar-refractivity contribution is -0.0354. The van der Waals surface area contributed by atoms with Crippen LogP contribution in [-0.2, 0) is 23.1 Å². The van der Waals surface area contributed by atoms with Crippen LogP contribution in [0.1, 0.15) is 56.3 Å². The minimum absolute atomic E-state index is 0.0263. The maximum absolute atomic E-state index is 5.92. The van der Waals surface area contributed by atoms with E-state index in [9.17, 15) is 0 Å². The lowest BCUT2D eigenvalue weighted by Gasteiger charge is -2.30. The second kappa shape index (κ2) is 6.67. The van der Waals surface area contributed by atoms with Gasteiger partial charge in [-0.15, -0.1) is 21.5 Å². The minimum Gasteiger partial charge on any atom is -0.424 e. The van der Waals surface area contributed by atoms with E-state index >= 15 is 0 Å². The molecule has 0 spiro atoms. The number of aryl methyl sites for hydroxylation is 1. The molecule has 0 N–H and O–H groups in total. The molecule has 1 fully saturated rings. The minimum atomic E-state index is 0.0263. The molecule has 0 unspecified atom stereocenters. The quantitative estimate of drug-likeness (QED) is 0.855. The fourth-order valence-electron chi connectivity index (χ4n) is 2.46. The summed E-state index contributed by atoms with van der Waals surface area (Å²) < 4.78 is 11.5. The standard InChI is InChI=1S/C16H24N4O2S/c1-5-13-18-19-14(22-13)9-20-6-7-21-11(8-20)15-17-12(10-23-15)16(2,3)4/h10-11H,5-9H2,1-4H3/t11-/m1/s1. The Labute approximate surface area is 140 Å². The van der Waals surface area contributed by atoms with Gasteiger partial charge in [-0.1, -0.05) is 27.7 Å². The lowest BCUT2D eigenvalue weighted by atomic mass is 9.93. The van der Waals surface area contributed by atoms with Gasteiger partial charge >= 0.3 is 0 Å². The highest BCUT2D eigenvalue weighted by Gasteiger charge is 2.27. The molecule has 1 atom stereocenters. The molecule has 3 rings (SSSR count). The van der Waals surface area contributed by atoms with Crippen LogP contribution in [0, 0.1) is 0 Å². The third kappa shape index (κ3) is 3.97. The molecule has 1 saturated heterocycles. The van der Waals surface area contributed by atoms with Gasteiger partial charge in [0.25, 0.3) is 0 Å². The molecular formula is C16H24N4O2S. The van der Waals surface area contributed by atoms with Crippen molar-refractivity contribution in [3.8, 4) is 0 Å². The van der Waals surface area contributed by atoms with Crippen molar-refractivity contribution < 1.29 is 9.15 Å². The molecular weight excluding hydrogens is 312 g/mol. The maximum Gasteiger partial charge on any atom is 0.230 e. The Kier molecular flexibility index (Phi) is 4.79. The Morgan fingerprint density at radius 2 is 2.09 bits per heavy atom. The van der Waals surface area contributed by atoms with Gasteiger partial charge in [0.1, 0.15) is 11.1 Å². The second-order valence-corrected chi connectivity index (χ2v) is 7.75. The molecule has 7 heteroatoms. The van der Waals surface area contributed by atoms with Crippen molar-refractivity contribution in [2.75, 3.05) is 19.7 Å². The average Bonchev–Trinajstić information content (AvgIpc) is 3.16. The molecule has 1 aliphatic heterocycles. The SMILES string of the molecule is CCc1nnc(CN2CCO[C@@H](c3nc(C(C)(C)C)cs3)C2)o1. The van der Waals surface area contributed by atoms with E-state index < -0.39 is 0 Å². The van der Waals surface area contributed by atoms with Crippen LogP contribution in [0.5, 0.6) is 0 Å². The van der Waals surface area contributed by atoms with Crippen molar-refractivity contribution in [3.63, 3.8) is 0 Å². The smallest absolute Gasteiger partial charge is 0.230 e. The summed E-state index contributed by atoms with van der Waals surface area (Å²) in [4.78, 5) is 7.07. The highest BCUT2D eigenvalue weighted by atomic mass is 32.1. The topological polar surface area (TPSA) is 64.3 Å². The molecule has 2 aromatic heterocycles. The molecule has 0 saturated carbocycles. The predicted octanol–water partition coefficient (Wildman–Crippen LogP) is 2.96. The fourth-order valence-corrected chi connectivity index (χ4v) is 3.55. The van der Waals surface area contributed by atoms with E-state index in [2.05, 4.69) is 41.2 Å². The van der Waals surface area contributed by atoms with Crippen molar-refractivity contribution in [2.45, 2.75) is 52.2 Å². The highest BCUT2D eigenvalue weighted by molar-refractivity contribution is 7.09. The fraction of sp³-hybridized carbons (Fsp3) is 0.688. The zero-order chi connectivity index (χ0) is 16.4. The summed E-state index contributed by atoms with van der Waals surface area (Å²) in [5.74, 6) is 1.37. The summed E-state index contributed by atoms with van der Waals surface area (Å²) in [6, 6.07) is 0. The van der Waals surface area contributed by atoms with Gasteiger partial charge in [-0.05, 0) is 0 Å². The molecule has 0 bridgehead atoms. The Hall–Kier alpha value is -1.31. The van der Waals surface area contributed by atoms with Gasteiger partial charge in [-0.3, -0.25) is 4.90 Å². The molecule has 126 valence electrons. The van der Waals surface area contributed by atoms with Crippen molar-refractivity contribution >= 4 is 11.3 Å². The van der Waals surface area contributed by atoms with Crippen LogP contribution in [-0.4, -0.2) is 39.8 Å².